The lowest BCUT2D eigenvalue weighted by molar-refractivity contribution is 0.238. The second-order valence-corrected chi connectivity index (χ2v) is 3.75. The van der Waals surface area contributed by atoms with Gasteiger partial charge in [-0.2, -0.15) is 0 Å². The third-order valence-electron chi connectivity index (χ3n) is 1.80. The van der Waals surface area contributed by atoms with Gasteiger partial charge in [-0.25, -0.2) is 4.79 Å². The summed E-state index contributed by atoms with van der Waals surface area (Å²) in [6, 6.07) is 5.74. The number of carbonyl (C=O) groups excluding carboxylic acids is 1. The number of aryl methyl sites for hydroxylation is 1. The molecule has 1 heterocycles. The first-order valence-corrected chi connectivity index (χ1v) is 5.05. The van der Waals surface area contributed by atoms with Crippen LogP contribution in [0.5, 0.6) is 0 Å². The van der Waals surface area contributed by atoms with Crippen LogP contribution < -0.4 is 10.6 Å². The fourth-order valence-electron chi connectivity index (χ4n) is 1.18. The maximum absolute atomic E-state index is 11.3. The molecule has 2 amide bonds. The van der Waals surface area contributed by atoms with Gasteiger partial charge in [0.05, 0.1) is 12.2 Å². The third-order valence-corrected chi connectivity index (χ3v) is 1.80. The molecule has 0 atom stereocenters. The van der Waals surface area contributed by atoms with Crippen molar-refractivity contribution in [2.24, 2.45) is 0 Å². The number of hydrogen-bond acceptors (Lipinski definition) is 2. The molecule has 1 aromatic rings. The summed E-state index contributed by atoms with van der Waals surface area (Å²) in [5, 5.41) is 5.49. The molecule has 0 saturated carbocycles. The van der Waals surface area contributed by atoms with Gasteiger partial charge in [0.15, 0.2) is 0 Å². The van der Waals surface area contributed by atoms with Gasteiger partial charge in [0.25, 0.3) is 0 Å². The Hall–Kier alpha value is -1.58. The van der Waals surface area contributed by atoms with E-state index in [2.05, 4.69) is 15.6 Å². The molecule has 4 nitrogen and oxygen atoms in total. The van der Waals surface area contributed by atoms with Gasteiger partial charge in [0, 0.05) is 11.7 Å². The van der Waals surface area contributed by atoms with E-state index in [1.165, 1.54) is 0 Å². The van der Waals surface area contributed by atoms with Crippen LogP contribution >= 0.6 is 0 Å². The number of nitrogens with zero attached hydrogens (tertiary/aromatic N) is 1. The highest BCUT2D eigenvalue weighted by atomic mass is 16.2. The summed E-state index contributed by atoms with van der Waals surface area (Å²) in [5.74, 6) is 0. The molecule has 0 unspecified atom stereocenters. The molecule has 0 aliphatic rings. The average molecular weight is 207 g/mol. The second kappa shape index (κ2) is 5.34. The van der Waals surface area contributed by atoms with Crippen LogP contribution in [-0.2, 0) is 6.54 Å². The van der Waals surface area contributed by atoms with Crippen LogP contribution in [0.4, 0.5) is 4.79 Å². The van der Waals surface area contributed by atoms with E-state index >= 15 is 0 Å². The Kier molecular flexibility index (Phi) is 4.09. The molecule has 15 heavy (non-hydrogen) atoms. The van der Waals surface area contributed by atoms with E-state index in [0.29, 0.717) is 6.54 Å². The quantitative estimate of drug-likeness (QED) is 0.791. The summed E-state index contributed by atoms with van der Waals surface area (Å²) in [5.41, 5.74) is 1.83. The monoisotopic (exact) mass is 207 g/mol. The lowest BCUT2D eigenvalue weighted by atomic mass is 10.3. The zero-order chi connectivity index (χ0) is 11.3. The highest BCUT2D eigenvalue weighted by Crippen LogP contribution is 1.97. The van der Waals surface area contributed by atoms with Gasteiger partial charge in [-0.05, 0) is 32.9 Å². The smallest absolute Gasteiger partial charge is 0.315 e. The zero-order valence-electron chi connectivity index (χ0n) is 9.37. The van der Waals surface area contributed by atoms with Gasteiger partial charge in [0.2, 0.25) is 0 Å². The van der Waals surface area contributed by atoms with E-state index in [0.717, 1.165) is 11.4 Å². The van der Waals surface area contributed by atoms with Crippen molar-refractivity contribution in [2.75, 3.05) is 0 Å². The minimum absolute atomic E-state index is 0.149. The SMILES string of the molecule is Cc1cccc(CNC(=O)NC(C)C)n1. The van der Waals surface area contributed by atoms with Crippen molar-refractivity contribution in [3.63, 3.8) is 0 Å². The Morgan fingerprint density at radius 2 is 2.20 bits per heavy atom. The van der Waals surface area contributed by atoms with E-state index in [4.69, 9.17) is 0 Å². The lowest BCUT2D eigenvalue weighted by Crippen LogP contribution is -2.39. The molecule has 1 rings (SSSR count). The Labute approximate surface area is 90.1 Å². The molecule has 4 heteroatoms. The van der Waals surface area contributed by atoms with Crippen molar-refractivity contribution < 1.29 is 4.79 Å². The molecular weight excluding hydrogens is 190 g/mol. The first-order chi connectivity index (χ1) is 7.08. The first-order valence-electron chi connectivity index (χ1n) is 5.05. The van der Waals surface area contributed by atoms with Crippen LogP contribution in [0.25, 0.3) is 0 Å². The Balaban J connectivity index is 2.40. The number of hydrogen-bond donors (Lipinski definition) is 2. The summed E-state index contributed by atoms with van der Waals surface area (Å²) < 4.78 is 0. The van der Waals surface area contributed by atoms with Gasteiger partial charge in [-0.15, -0.1) is 0 Å². The molecule has 0 aliphatic carbocycles. The van der Waals surface area contributed by atoms with Crippen LogP contribution in [0.2, 0.25) is 0 Å². The summed E-state index contributed by atoms with van der Waals surface area (Å²) in [6.07, 6.45) is 0. The van der Waals surface area contributed by atoms with Crippen LogP contribution in [0, 0.1) is 6.92 Å². The molecule has 82 valence electrons. The van der Waals surface area contributed by atoms with Gasteiger partial charge in [-0.3, -0.25) is 4.98 Å². The van der Waals surface area contributed by atoms with Gasteiger partial charge in [0.1, 0.15) is 0 Å². The fraction of sp³-hybridized carbons (Fsp3) is 0.455. The van der Waals surface area contributed by atoms with Crippen LogP contribution in [0.15, 0.2) is 18.2 Å². The van der Waals surface area contributed by atoms with E-state index in [1.54, 1.807) is 0 Å². The number of nitrogens with one attached hydrogen (secondary N) is 2. The van der Waals surface area contributed by atoms with Crippen LogP contribution in [-0.4, -0.2) is 17.1 Å². The Bertz CT molecular complexity index is 336. The zero-order valence-corrected chi connectivity index (χ0v) is 9.37. The average Bonchev–Trinajstić information content (AvgIpc) is 2.14. The van der Waals surface area contributed by atoms with Crippen molar-refractivity contribution in [1.82, 2.24) is 15.6 Å². The summed E-state index contributed by atoms with van der Waals surface area (Å²) >= 11 is 0. The second-order valence-electron chi connectivity index (χ2n) is 3.75. The number of rotatable bonds is 3. The standard InChI is InChI=1S/C11H17N3O/c1-8(2)13-11(15)12-7-10-6-4-5-9(3)14-10/h4-6,8H,7H2,1-3H3,(H2,12,13,15). The largest absolute Gasteiger partial charge is 0.336 e. The van der Waals surface area contributed by atoms with Crippen LogP contribution in [0.3, 0.4) is 0 Å². The molecule has 0 aromatic carbocycles. The summed E-state index contributed by atoms with van der Waals surface area (Å²) in [6.45, 7) is 6.23. The Morgan fingerprint density at radius 3 is 2.80 bits per heavy atom. The highest BCUT2D eigenvalue weighted by Gasteiger charge is 2.02. The van der Waals surface area contributed by atoms with Gasteiger partial charge < -0.3 is 10.6 Å². The van der Waals surface area contributed by atoms with E-state index in [-0.39, 0.29) is 12.1 Å². The van der Waals surface area contributed by atoms with E-state index in [1.807, 2.05) is 39.0 Å². The van der Waals surface area contributed by atoms with Crippen molar-refractivity contribution in [3.8, 4) is 0 Å². The number of carbonyl (C=O) groups is 1. The number of amides is 2. The molecule has 0 fully saturated rings. The molecular formula is C11H17N3O. The first kappa shape index (κ1) is 11.5. The Morgan fingerprint density at radius 1 is 1.47 bits per heavy atom. The maximum atomic E-state index is 11.3. The molecule has 0 saturated heterocycles. The molecule has 2 N–H and O–H groups in total. The lowest BCUT2D eigenvalue weighted by Gasteiger charge is -2.09. The minimum Gasteiger partial charge on any atom is -0.336 e. The predicted molar refractivity (Wildman–Crippen MR) is 59.5 cm³/mol. The van der Waals surface area contributed by atoms with E-state index < -0.39 is 0 Å². The summed E-state index contributed by atoms with van der Waals surface area (Å²) in [4.78, 5) is 15.5. The van der Waals surface area contributed by atoms with Gasteiger partial charge in [-0.1, -0.05) is 6.07 Å². The molecule has 0 bridgehead atoms. The summed E-state index contributed by atoms with van der Waals surface area (Å²) in [7, 11) is 0. The molecule has 1 aromatic heterocycles. The topological polar surface area (TPSA) is 54.0 Å². The van der Waals surface area contributed by atoms with Gasteiger partial charge >= 0.3 is 6.03 Å². The van der Waals surface area contributed by atoms with E-state index in [9.17, 15) is 4.79 Å². The van der Waals surface area contributed by atoms with Crippen molar-refractivity contribution >= 4 is 6.03 Å². The minimum atomic E-state index is -0.159. The van der Waals surface area contributed by atoms with Crippen LogP contribution in [0.1, 0.15) is 25.2 Å². The normalized spacial score (nSPS) is 10.1. The molecule has 0 aliphatic heterocycles. The molecule has 0 radical (unpaired) electrons. The maximum Gasteiger partial charge on any atom is 0.315 e. The highest BCUT2D eigenvalue weighted by molar-refractivity contribution is 5.73. The number of pyridine rings is 1. The number of aromatic nitrogens is 1. The number of urea groups is 1. The predicted octanol–water partition coefficient (Wildman–Crippen LogP) is 1.60. The van der Waals surface area contributed by atoms with Crippen molar-refractivity contribution in [3.05, 3.63) is 29.6 Å². The van der Waals surface area contributed by atoms with Crippen molar-refractivity contribution in [2.45, 2.75) is 33.4 Å². The fourth-order valence-corrected chi connectivity index (χ4v) is 1.18. The third kappa shape index (κ3) is 4.44. The van der Waals surface area contributed by atoms with Crippen molar-refractivity contribution in [1.29, 1.82) is 0 Å². The molecule has 0 spiro atoms.